The molecule has 1 aromatic heterocycles. The first-order valence-electron chi connectivity index (χ1n) is 9.42. The molecule has 0 bridgehead atoms. The number of benzene rings is 2. The first-order chi connectivity index (χ1) is 14.4. The first kappa shape index (κ1) is 19.9. The van der Waals surface area contributed by atoms with Crippen molar-refractivity contribution in [3.8, 4) is 0 Å². The van der Waals surface area contributed by atoms with Crippen LogP contribution in [0.3, 0.4) is 0 Å². The topological polar surface area (TPSA) is 70.5 Å². The van der Waals surface area contributed by atoms with Gasteiger partial charge in [0.15, 0.2) is 0 Å². The number of ketones is 1. The van der Waals surface area contributed by atoms with Crippen molar-refractivity contribution in [3.05, 3.63) is 99.8 Å². The van der Waals surface area contributed by atoms with Crippen molar-refractivity contribution in [3.63, 3.8) is 0 Å². The van der Waals surface area contributed by atoms with Gasteiger partial charge in [-0.1, -0.05) is 29.3 Å². The maximum atomic E-state index is 13.1. The Morgan fingerprint density at radius 2 is 1.67 bits per heavy atom. The van der Waals surface area contributed by atoms with Crippen molar-refractivity contribution < 1.29 is 14.7 Å². The highest BCUT2D eigenvalue weighted by molar-refractivity contribution is 6.51. The van der Waals surface area contributed by atoms with E-state index in [-0.39, 0.29) is 11.3 Å². The van der Waals surface area contributed by atoms with Crippen LogP contribution in [-0.2, 0) is 9.59 Å². The second-order valence-corrected chi connectivity index (χ2v) is 7.68. The van der Waals surface area contributed by atoms with Gasteiger partial charge in [0.2, 0.25) is 0 Å². The minimum Gasteiger partial charge on any atom is -0.507 e. The van der Waals surface area contributed by atoms with Crippen molar-refractivity contribution in [2.24, 2.45) is 0 Å². The van der Waals surface area contributed by atoms with Crippen molar-refractivity contribution >= 4 is 34.7 Å². The van der Waals surface area contributed by atoms with E-state index in [9.17, 15) is 14.7 Å². The number of carbonyl (C=O) groups is 2. The van der Waals surface area contributed by atoms with E-state index in [1.165, 1.54) is 4.90 Å². The smallest absolute Gasteiger partial charge is 0.300 e. The maximum Gasteiger partial charge on any atom is 0.300 e. The molecule has 0 radical (unpaired) electrons. The summed E-state index contributed by atoms with van der Waals surface area (Å²) in [6.07, 6.45) is 3.19. The number of halogens is 1. The number of pyridine rings is 1. The SMILES string of the molecule is Cc1ccc(N2C(=O)C(=O)/C(=C(/O)c3ccc(Cl)cc3)C2c2ccncc2)c(C)c1. The van der Waals surface area contributed by atoms with Gasteiger partial charge in [0.1, 0.15) is 5.76 Å². The zero-order chi connectivity index (χ0) is 21.4. The van der Waals surface area contributed by atoms with Crippen LogP contribution in [0.25, 0.3) is 5.76 Å². The van der Waals surface area contributed by atoms with E-state index >= 15 is 0 Å². The van der Waals surface area contributed by atoms with Crippen LogP contribution in [0.4, 0.5) is 5.69 Å². The molecule has 0 saturated carbocycles. The van der Waals surface area contributed by atoms with Crippen LogP contribution in [0.15, 0.2) is 72.6 Å². The first-order valence-corrected chi connectivity index (χ1v) is 9.80. The number of hydrogen-bond donors (Lipinski definition) is 1. The lowest BCUT2D eigenvalue weighted by Gasteiger charge is -2.27. The van der Waals surface area contributed by atoms with E-state index in [0.717, 1.165) is 11.1 Å². The van der Waals surface area contributed by atoms with Gasteiger partial charge in [0.25, 0.3) is 11.7 Å². The third-order valence-electron chi connectivity index (χ3n) is 5.20. The van der Waals surface area contributed by atoms with E-state index in [2.05, 4.69) is 4.98 Å². The second kappa shape index (κ2) is 7.76. The van der Waals surface area contributed by atoms with Gasteiger partial charge < -0.3 is 5.11 Å². The third-order valence-corrected chi connectivity index (χ3v) is 5.45. The van der Waals surface area contributed by atoms with Crippen molar-refractivity contribution in [2.75, 3.05) is 4.90 Å². The van der Waals surface area contributed by atoms with Gasteiger partial charge in [0.05, 0.1) is 11.6 Å². The number of anilines is 1. The number of hydrogen-bond acceptors (Lipinski definition) is 4. The van der Waals surface area contributed by atoms with Gasteiger partial charge in [-0.2, -0.15) is 0 Å². The Hall–Kier alpha value is -3.44. The normalized spacial score (nSPS) is 18.1. The maximum absolute atomic E-state index is 13.1. The lowest BCUT2D eigenvalue weighted by atomic mass is 9.95. The monoisotopic (exact) mass is 418 g/mol. The fourth-order valence-electron chi connectivity index (χ4n) is 3.78. The highest BCUT2D eigenvalue weighted by Crippen LogP contribution is 2.43. The minimum atomic E-state index is -0.773. The molecule has 1 N–H and O–H groups in total. The van der Waals surface area contributed by atoms with E-state index < -0.39 is 17.7 Å². The predicted molar refractivity (Wildman–Crippen MR) is 116 cm³/mol. The highest BCUT2D eigenvalue weighted by atomic mass is 35.5. The van der Waals surface area contributed by atoms with Gasteiger partial charge in [-0.05, 0) is 67.4 Å². The molecule has 1 aliphatic rings. The Labute approximate surface area is 179 Å². The number of carbonyl (C=O) groups excluding carboxylic acids is 2. The summed E-state index contributed by atoms with van der Waals surface area (Å²) in [5.41, 5.74) is 3.67. The molecular weight excluding hydrogens is 400 g/mol. The van der Waals surface area contributed by atoms with E-state index in [4.69, 9.17) is 11.6 Å². The Kier molecular flexibility index (Phi) is 5.14. The van der Waals surface area contributed by atoms with E-state index in [1.807, 2.05) is 32.0 Å². The second-order valence-electron chi connectivity index (χ2n) is 7.25. The molecule has 1 fully saturated rings. The molecule has 1 amide bonds. The van der Waals surface area contributed by atoms with Crippen LogP contribution in [0.5, 0.6) is 0 Å². The molecule has 1 aliphatic heterocycles. The summed E-state index contributed by atoms with van der Waals surface area (Å²) in [7, 11) is 0. The van der Waals surface area contributed by atoms with Crippen molar-refractivity contribution in [1.82, 2.24) is 4.98 Å². The average Bonchev–Trinajstić information content (AvgIpc) is 3.00. The Morgan fingerprint density at radius 1 is 1.00 bits per heavy atom. The number of aryl methyl sites for hydroxylation is 2. The predicted octanol–water partition coefficient (Wildman–Crippen LogP) is 4.98. The molecule has 30 heavy (non-hydrogen) atoms. The lowest BCUT2D eigenvalue weighted by Crippen LogP contribution is -2.30. The lowest BCUT2D eigenvalue weighted by molar-refractivity contribution is -0.132. The molecule has 2 heterocycles. The molecule has 4 rings (SSSR count). The Bertz CT molecular complexity index is 1170. The quantitative estimate of drug-likeness (QED) is 0.370. The van der Waals surface area contributed by atoms with Gasteiger partial charge in [-0.15, -0.1) is 0 Å². The van der Waals surface area contributed by atoms with Gasteiger partial charge in [0, 0.05) is 28.7 Å². The summed E-state index contributed by atoms with van der Waals surface area (Å²) in [6.45, 7) is 3.86. The third kappa shape index (κ3) is 3.37. The van der Waals surface area contributed by atoms with E-state index in [1.54, 1.807) is 48.8 Å². The van der Waals surface area contributed by atoms with E-state index in [0.29, 0.717) is 21.8 Å². The van der Waals surface area contributed by atoms with Crippen LogP contribution < -0.4 is 4.90 Å². The number of aliphatic hydroxyl groups is 1. The fraction of sp³-hybridized carbons (Fsp3) is 0.125. The molecule has 1 unspecified atom stereocenters. The van der Waals surface area contributed by atoms with Crippen molar-refractivity contribution in [2.45, 2.75) is 19.9 Å². The van der Waals surface area contributed by atoms with Crippen LogP contribution in [-0.4, -0.2) is 21.8 Å². The number of aromatic nitrogens is 1. The number of amides is 1. The zero-order valence-electron chi connectivity index (χ0n) is 16.5. The fourth-order valence-corrected chi connectivity index (χ4v) is 3.91. The molecule has 6 heteroatoms. The summed E-state index contributed by atoms with van der Waals surface area (Å²) in [5, 5.41) is 11.5. The highest BCUT2D eigenvalue weighted by Gasteiger charge is 2.47. The molecule has 0 spiro atoms. The summed E-state index contributed by atoms with van der Waals surface area (Å²) in [4.78, 5) is 31.7. The summed E-state index contributed by atoms with van der Waals surface area (Å²) in [5.74, 6) is -1.65. The molecule has 150 valence electrons. The van der Waals surface area contributed by atoms with Crippen LogP contribution >= 0.6 is 11.6 Å². The average molecular weight is 419 g/mol. The van der Waals surface area contributed by atoms with Gasteiger partial charge in [-0.3, -0.25) is 19.5 Å². The van der Waals surface area contributed by atoms with Crippen molar-refractivity contribution in [1.29, 1.82) is 0 Å². The number of nitrogens with zero attached hydrogens (tertiary/aromatic N) is 2. The minimum absolute atomic E-state index is 0.0356. The van der Waals surface area contributed by atoms with Crippen LogP contribution in [0, 0.1) is 13.8 Å². The van der Waals surface area contributed by atoms with Crippen LogP contribution in [0.1, 0.15) is 28.3 Å². The molecule has 0 aliphatic carbocycles. The Morgan fingerprint density at radius 3 is 2.30 bits per heavy atom. The molecule has 2 aromatic carbocycles. The summed E-state index contributed by atoms with van der Waals surface area (Å²) >= 11 is 5.95. The molecular formula is C24H19ClN2O3. The van der Waals surface area contributed by atoms with Gasteiger partial charge in [-0.25, -0.2) is 0 Å². The summed E-state index contributed by atoms with van der Waals surface area (Å²) in [6, 6.07) is 14.9. The standard InChI is InChI=1S/C24H19ClN2O3/c1-14-3-8-19(15(2)13-14)27-21(16-9-11-26-12-10-16)20(23(29)24(27)30)22(28)17-4-6-18(25)7-5-17/h3-13,21,28H,1-2H3/b22-20+. The number of rotatable bonds is 3. The molecule has 3 aromatic rings. The largest absolute Gasteiger partial charge is 0.507 e. The van der Waals surface area contributed by atoms with Crippen LogP contribution in [0.2, 0.25) is 5.02 Å². The Balaban J connectivity index is 1.96. The van der Waals surface area contributed by atoms with Gasteiger partial charge >= 0.3 is 0 Å². The number of Topliss-reactive ketones (excluding diaryl/α,β-unsaturated/α-hetero) is 1. The molecule has 1 saturated heterocycles. The number of aliphatic hydroxyl groups excluding tert-OH is 1. The molecule has 5 nitrogen and oxygen atoms in total. The molecule has 1 atom stereocenters. The zero-order valence-corrected chi connectivity index (χ0v) is 17.2. The summed E-state index contributed by atoms with van der Waals surface area (Å²) < 4.78 is 0.